The number of amides is 2. The van der Waals surface area contributed by atoms with Crippen molar-refractivity contribution in [3.05, 3.63) is 30.1 Å². The number of carbonyl (C=O) groups is 3. The fourth-order valence-electron chi connectivity index (χ4n) is 2.50. The number of ether oxygens (including phenoxy) is 1. The fourth-order valence-corrected chi connectivity index (χ4v) is 2.91. The molecule has 1 atom stereocenters. The van der Waals surface area contributed by atoms with E-state index in [1.54, 1.807) is 12.3 Å². The number of nitrogens with one attached hydrogen (secondary N) is 1. The van der Waals surface area contributed by atoms with Crippen molar-refractivity contribution in [2.45, 2.75) is 33.4 Å². The lowest BCUT2D eigenvalue weighted by atomic mass is 9.94. The first-order valence-corrected chi connectivity index (χ1v) is 10.4. The normalized spacial score (nSPS) is 12.3. The van der Waals surface area contributed by atoms with E-state index in [1.807, 2.05) is 13.8 Å². The zero-order chi connectivity index (χ0) is 21.3. The van der Waals surface area contributed by atoms with Crippen LogP contribution in [0, 0.1) is 11.8 Å². The van der Waals surface area contributed by atoms with Crippen LogP contribution < -0.4 is 15.6 Å². The molecule has 1 heterocycles. The van der Waals surface area contributed by atoms with Crippen LogP contribution in [-0.2, 0) is 30.6 Å². The maximum atomic E-state index is 11.9. The number of aromatic nitrogens is 1. The number of rotatable bonds is 10. The van der Waals surface area contributed by atoms with Crippen LogP contribution in [-0.4, -0.2) is 39.2 Å². The second-order valence-corrected chi connectivity index (χ2v) is 8.35. The Kier molecular flexibility index (Phi) is 8.83. The van der Waals surface area contributed by atoms with Crippen LogP contribution in [0.15, 0.2) is 24.5 Å². The van der Waals surface area contributed by atoms with E-state index in [0.29, 0.717) is 6.42 Å². The minimum absolute atomic E-state index is 0.113. The summed E-state index contributed by atoms with van der Waals surface area (Å²) in [6.45, 7) is 3.85. The van der Waals surface area contributed by atoms with E-state index in [2.05, 4.69) is 9.50 Å². The standard InChI is InChI=1S/C17H25N3O7S/c1-12(2)7-13(8-15(21)27-28(3,24)25)9-19-17(23)26-11-20-6-4-5-14(10-20)16(18)22/h4-6,10,12-13H,7-9,11H2,1-3H3,(H2-,18,19,22,23)/p+1. The molecule has 0 aliphatic rings. The van der Waals surface area contributed by atoms with Crippen molar-refractivity contribution in [3.63, 3.8) is 0 Å². The molecule has 0 saturated heterocycles. The number of hydrogen-bond acceptors (Lipinski definition) is 7. The SMILES string of the molecule is CC(C)CC(CNC(=O)OC[n+]1cccc(C(N)=O)c1)CC(=O)OS(C)(=O)=O. The van der Waals surface area contributed by atoms with E-state index < -0.39 is 28.1 Å². The molecule has 156 valence electrons. The molecule has 0 spiro atoms. The van der Waals surface area contributed by atoms with Gasteiger partial charge in [0.05, 0.1) is 12.7 Å². The summed E-state index contributed by atoms with van der Waals surface area (Å²) in [5.74, 6) is -1.56. The highest BCUT2D eigenvalue weighted by Gasteiger charge is 2.20. The quantitative estimate of drug-likeness (QED) is 0.412. The van der Waals surface area contributed by atoms with Gasteiger partial charge >= 0.3 is 22.2 Å². The number of hydrogen-bond donors (Lipinski definition) is 2. The van der Waals surface area contributed by atoms with Gasteiger partial charge in [0.15, 0.2) is 12.4 Å². The molecule has 1 aromatic rings. The topological polar surface area (TPSA) is 146 Å². The van der Waals surface area contributed by atoms with Crippen LogP contribution in [0.25, 0.3) is 0 Å². The molecule has 0 aromatic carbocycles. The van der Waals surface area contributed by atoms with Gasteiger partial charge in [-0.3, -0.25) is 9.59 Å². The van der Waals surface area contributed by atoms with Gasteiger partial charge in [-0.15, -0.1) is 0 Å². The number of nitrogens with zero attached hydrogens (tertiary/aromatic N) is 1. The minimum Gasteiger partial charge on any atom is -0.388 e. The average Bonchev–Trinajstić information content (AvgIpc) is 2.55. The maximum Gasteiger partial charge on any atom is 0.412 e. The van der Waals surface area contributed by atoms with E-state index in [-0.39, 0.29) is 37.1 Å². The first-order chi connectivity index (χ1) is 13.0. The number of primary amides is 1. The lowest BCUT2D eigenvalue weighted by Gasteiger charge is -2.18. The van der Waals surface area contributed by atoms with Crippen molar-refractivity contribution in [2.75, 3.05) is 12.8 Å². The third-order valence-corrected chi connectivity index (χ3v) is 4.02. The Morgan fingerprint density at radius 1 is 1.29 bits per heavy atom. The Balaban J connectivity index is 2.54. The molecule has 0 bridgehead atoms. The molecular formula is C17H26N3O7S+. The molecule has 1 rings (SSSR count). The molecule has 0 aliphatic heterocycles. The Labute approximate surface area is 164 Å². The smallest absolute Gasteiger partial charge is 0.388 e. The van der Waals surface area contributed by atoms with Crippen LogP contribution in [0.4, 0.5) is 4.79 Å². The zero-order valence-corrected chi connectivity index (χ0v) is 16.9. The first kappa shape index (κ1) is 23.3. The van der Waals surface area contributed by atoms with E-state index in [1.165, 1.54) is 16.8 Å². The monoisotopic (exact) mass is 416 g/mol. The summed E-state index contributed by atoms with van der Waals surface area (Å²) in [5, 5.41) is 2.54. The van der Waals surface area contributed by atoms with Crippen molar-refractivity contribution >= 4 is 28.1 Å². The Hall–Kier alpha value is -2.69. The van der Waals surface area contributed by atoms with Gasteiger partial charge in [0.1, 0.15) is 5.56 Å². The lowest BCUT2D eigenvalue weighted by Crippen LogP contribution is -2.40. The third kappa shape index (κ3) is 9.86. The predicted molar refractivity (Wildman–Crippen MR) is 98.1 cm³/mol. The van der Waals surface area contributed by atoms with Crippen LogP contribution in [0.1, 0.15) is 37.0 Å². The second-order valence-electron chi connectivity index (χ2n) is 6.77. The third-order valence-electron chi connectivity index (χ3n) is 3.53. The molecule has 0 fully saturated rings. The van der Waals surface area contributed by atoms with Gasteiger partial charge in [-0.1, -0.05) is 13.8 Å². The highest BCUT2D eigenvalue weighted by atomic mass is 32.2. The van der Waals surface area contributed by atoms with Gasteiger partial charge in [0.25, 0.3) is 12.6 Å². The zero-order valence-electron chi connectivity index (χ0n) is 16.1. The van der Waals surface area contributed by atoms with Gasteiger partial charge in [-0.05, 0) is 24.3 Å². The molecule has 1 aromatic heterocycles. The Morgan fingerprint density at radius 2 is 1.96 bits per heavy atom. The van der Waals surface area contributed by atoms with Crippen molar-refractivity contribution < 1.29 is 36.3 Å². The Bertz CT molecular complexity index is 809. The molecule has 11 heteroatoms. The van der Waals surface area contributed by atoms with E-state index in [9.17, 15) is 22.8 Å². The van der Waals surface area contributed by atoms with Crippen LogP contribution in [0.3, 0.4) is 0 Å². The molecular weight excluding hydrogens is 390 g/mol. The van der Waals surface area contributed by atoms with Gasteiger partial charge in [-0.25, -0.2) is 4.79 Å². The summed E-state index contributed by atoms with van der Waals surface area (Å²) in [7, 11) is -3.87. The lowest BCUT2D eigenvalue weighted by molar-refractivity contribution is -0.727. The minimum atomic E-state index is -3.87. The van der Waals surface area contributed by atoms with E-state index in [0.717, 1.165) is 6.26 Å². The van der Waals surface area contributed by atoms with Crippen molar-refractivity contribution in [2.24, 2.45) is 17.6 Å². The second kappa shape index (κ2) is 10.6. The number of nitrogens with two attached hydrogens (primary N) is 1. The number of carbonyl (C=O) groups excluding carboxylic acids is 3. The summed E-state index contributed by atoms with van der Waals surface area (Å²) in [6, 6.07) is 3.12. The van der Waals surface area contributed by atoms with Gasteiger partial charge in [0, 0.05) is 12.6 Å². The van der Waals surface area contributed by atoms with Crippen molar-refractivity contribution in [1.82, 2.24) is 5.32 Å². The van der Waals surface area contributed by atoms with Gasteiger partial charge < -0.3 is 20.0 Å². The van der Waals surface area contributed by atoms with Crippen LogP contribution in [0.2, 0.25) is 0 Å². The first-order valence-electron chi connectivity index (χ1n) is 8.58. The fraction of sp³-hybridized carbons (Fsp3) is 0.529. The molecule has 0 saturated carbocycles. The van der Waals surface area contributed by atoms with E-state index in [4.69, 9.17) is 10.5 Å². The highest BCUT2D eigenvalue weighted by Crippen LogP contribution is 2.16. The van der Waals surface area contributed by atoms with Crippen molar-refractivity contribution in [1.29, 1.82) is 0 Å². The van der Waals surface area contributed by atoms with Crippen LogP contribution in [0.5, 0.6) is 0 Å². The van der Waals surface area contributed by atoms with Gasteiger partial charge in [0.2, 0.25) is 0 Å². The average molecular weight is 416 g/mol. The maximum absolute atomic E-state index is 11.9. The Morgan fingerprint density at radius 3 is 2.54 bits per heavy atom. The highest BCUT2D eigenvalue weighted by molar-refractivity contribution is 7.86. The molecule has 1 unspecified atom stereocenters. The molecule has 10 nitrogen and oxygen atoms in total. The summed E-state index contributed by atoms with van der Waals surface area (Å²) >= 11 is 0. The largest absolute Gasteiger partial charge is 0.412 e. The molecule has 3 N–H and O–H groups in total. The van der Waals surface area contributed by atoms with E-state index >= 15 is 0 Å². The van der Waals surface area contributed by atoms with Crippen molar-refractivity contribution in [3.8, 4) is 0 Å². The van der Waals surface area contributed by atoms with Gasteiger partial charge in [-0.2, -0.15) is 13.0 Å². The molecule has 0 aliphatic carbocycles. The summed E-state index contributed by atoms with van der Waals surface area (Å²) in [5.41, 5.74) is 5.46. The summed E-state index contributed by atoms with van der Waals surface area (Å²) in [6.07, 6.45) is 3.54. The molecule has 28 heavy (non-hydrogen) atoms. The molecule has 0 radical (unpaired) electrons. The van der Waals surface area contributed by atoms with Crippen LogP contribution >= 0.6 is 0 Å². The molecule has 2 amide bonds. The number of pyridine rings is 1. The summed E-state index contributed by atoms with van der Waals surface area (Å²) in [4.78, 5) is 34.7. The summed E-state index contributed by atoms with van der Waals surface area (Å²) < 4.78 is 32.9. The predicted octanol–water partition coefficient (Wildman–Crippen LogP) is 0.312. The number of alkyl carbamates (subject to hydrolysis) is 1.